The number of nitrogens with one attached hydrogen (secondary N) is 1. The SMILES string of the molecule is C=CCC1=CCC(CC=C)(N2CCNCC2)C=C1. The van der Waals surface area contributed by atoms with Crippen LogP contribution >= 0.6 is 0 Å². The largest absolute Gasteiger partial charge is 0.314 e. The van der Waals surface area contributed by atoms with Gasteiger partial charge in [-0.25, -0.2) is 0 Å². The van der Waals surface area contributed by atoms with Crippen LogP contribution in [-0.4, -0.2) is 36.6 Å². The van der Waals surface area contributed by atoms with Crippen molar-refractivity contribution in [2.75, 3.05) is 26.2 Å². The maximum Gasteiger partial charge on any atom is 0.0464 e. The second-order valence-corrected chi connectivity index (χ2v) is 5.14. The summed E-state index contributed by atoms with van der Waals surface area (Å²) in [5.74, 6) is 0. The minimum Gasteiger partial charge on any atom is -0.314 e. The van der Waals surface area contributed by atoms with Gasteiger partial charge in [-0.1, -0.05) is 30.4 Å². The Labute approximate surface area is 111 Å². The summed E-state index contributed by atoms with van der Waals surface area (Å²) in [6, 6.07) is 0. The van der Waals surface area contributed by atoms with Crippen LogP contribution in [0.15, 0.2) is 49.1 Å². The Morgan fingerprint density at radius 3 is 2.61 bits per heavy atom. The Hall–Kier alpha value is -1.12. The highest BCUT2D eigenvalue weighted by atomic mass is 15.2. The first-order chi connectivity index (χ1) is 8.80. The number of allylic oxidation sites excluding steroid dienone is 3. The fourth-order valence-electron chi connectivity index (χ4n) is 2.90. The van der Waals surface area contributed by atoms with E-state index in [-0.39, 0.29) is 5.54 Å². The standard InChI is InChI=1S/C16H24N2/c1-3-5-15-6-9-16(8-4-2,10-7-15)18-13-11-17-12-14-18/h3-4,6-7,9,17H,1-2,5,8,10-14H2. The molecule has 1 unspecified atom stereocenters. The van der Waals surface area contributed by atoms with Crippen molar-refractivity contribution in [3.8, 4) is 0 Å². The van der Waals surface area contributed by atoms with Crippen LogP contribution in [0.1, 0.15) is 19.3 Å². The van der Waals surface area contributed by atoms with Gasteiger partial charge >= 0.3 is 0 Å². The third-order valence-corrected chi connectivity index (χ3v) is 3.95. The highest BCUT2D eigenvalue weighted by Gasteiger charge is 2.34. The molecule has 0 bridgehead atoms. The zero-order valence-corrected chi connectivity index (χ0v) is 11.2. The number of rotatable bonds is 5. The van der Waals surface area contributed by atoms with Gasteiger partial charge in [-0.3, -0.25) is 4.90 Å². The lowest BCUT2D eigenvalue weighted by Crippen LogP contribution is -2.55. The number of hydrogen-bond acceptors (Lipinski definition) is 2. The lowest BCUT2D eigenvalue weighted by molar-refractivity contribution is 0.115. The van der Waals surface area contributed by atoms with E-state index in [2.05, 4.69) is 47.7 Å². The van der Waals surface area contributed by atoms with Crippen LogP contribution < -0.4 is 5.32 Å². The maximum atomic E-state index is 3.94. The van der Waals surface area contributed by atoms with E-state index in [9.17, 15) is 0 Å². The van der Waals surface area contributed by atoms with Crippen molar-refractivity contribution in [3.05, 3.63) is 49.1 Å². The van der Waals surface area contributed by atoms with E-state index in [0.29, 0.717) is 0 Å². The van der Waals surface area contributed by atoms with Gasteiger partial charge in [0.1, 0.15) is 0 Å². The van der Waals surface area contributed by atoms with E-state index in [1.165, 1.54) is 5.57 Å². The van der Waals surface area contributed by atoms with Gasteiger partial charge < -0.3 is 5.32 Å². The summed E-state index contributed by atoms with van der Waals surface area (Å²) in [5, 5.41) is 3.42. The summed E-state index contributed by atoms with van der Waals surface area (Å²) in [4.78, 5) is 2.60. The first-order valence-corrected chi connectivity index (χ1v) is 6.86. The van der Waals surface area contributed by atoms with E-state index in [0.717, 1.165) is 45.4 Å². The van der Waals surface area contributed by atoms with Crippen molar-refractivity contribution < 1.29 is 0 Å². The molecule has 0 spiro atoms. The molecule has 1 saturated heterocycles. The summed E-state index contributed by atoms with van der Waals surface area (Å²) in [7, 11) is 0. The molecule has 1 aliphatic heterocycles. The van der Waals surface area contributed by atoms with Gasteiger partial charge in [-0.2, -0.15) is 0 Å². The van der Waals surface area contributed by atoms with Crippen LogP contribution in [-0.2, 0) is 0 Å². The molecule has 0 aromatic carbocycles. The van der Waals surface area contributed by atoms with Gasteiger partial charge in [0.2, 0.25) is 0 Å². The first-order valence-electron chi connectivity index (χ1n) is 6.86. The van der Waals surface area contributed by atoms with Crippen LogP contribution in [0.5, 0.6) is 0 Å². The van der Waals surface area contributed by atoms with Gasteiger partial charge in [0, 0.05) is 31.7 Å². The molecule has 0 saturated carbocycles. The smallest absolute Gasteiger partial charge is 0.0464 e. The van der Waals surface area contributed by atoms with E-state index < -0.39 is 0 Å². The summed E-state index contributed by atoms with van der Waals surface area (Å²) >= 11 is 0. The quantitative estimate of drug-likeness (QED) is 0.748. The van der Waals surface area contributed by atoms with Crippen LogP contribution in [0, 0.1) is 0 Å². The zero-order valence-electron chi connectivity index (χ0n) is 11.2. The molecular formula is C16H24N2. The third kappa shape index (κ3) is 2.82. The van der Waals surface area contributed by atoms with Crippen molar-refractivity contribution >= 4 is 0 Å². The Morgan fingerprint density at radius 1 is 1.28 bits per heavy atom. The lowest BCUT2D eigenvalue weighted by atomic mass is 9.83. The van der Waals surface area contributed by atoms with Crippen LogP contribution in [0.4, 0.5) is 0 Å². The number of piperazine rings is 1. The molecule has 1 N–H and O–H groups in total. The minimum absolute atomic E-state index is 0.161. The predicted molar refractivity (Wildman–Crippen MR) is 78.6 cm³/mol. The van der Waals surface area contributed by atoms with E-state index in [4.69, 9.17) is 0 Å². The zero-order chi connectivity index (χ0) is 12.8. The fraction of sp³-hybridized carbons (Fsp3) is 0.500. The van der Waals surface area contributed by atoms with Crippen molar-refractivity contribution in [2.45, 2.75) is 24.8 Å². The molecule has 2 aliphatic rings. The predicted octanol–water partition coefficient (Wildman–Crippen LogP) is 2.67. The highest BCUT2D eigenvalue weighted by Crippen LogP contribution is 2.32. The number of nitrogens with zero attached hydrogens (tertiary/aromatic N) is 1. The van der Waals surface area contributed by atoms with E-state index in [1.807, 2.05) is 6.08 Å². The monoisotopic (exact) mass is 244 g/mol. The normalized spacial score (nSPS) is 28.8. The molecule has 1 fully saturated rings. The topological polar surface area (TPSA) is 15.3 Å². The molecule has 2 heteroatoms. The molecule has 1 atom stereocenters. The molecule has 1 heterocycles. The van der Waals surface area contributed by atoms with Crippen molar-refractivity contribution in [2.24, 2.45) is 0 Å². The number of hydrogen-bond donors (Lipinski definition) is 1. The summed E-state index contributed by atoms with van der Waals surface area (Å²) in [6.45, 7) is 12.2. The maximum absolute atomic E-state index is 3.94. The molecule has 1 aliphatic carbocycles. The molecule has 18 heavy (non-hydrogen) atoms. The van der Waals surface area contributed by atoms with Crippen LogP contribution in [0.3, 0.4) is 0 Å². The summed E-state index contributed by atoms with van der Waals surface area (Å²) in [6.07, 6.45) is 14.2. The molecule has 2 nitrogen and oxygen atoms in total. The highest BCUT2D eigenvalue weighted by molar-refractivity contribution is 5.31. The van der Waals surface area contributed by atoms with Crippen molar-refractivity contribution in [1.82, 2.24) is 10.2 Å². The molecule has 0 amide bonds. The average molecular weight is 244 g/mol. The van der Waals surface area contributed by atoms with E-state index in [1.54, 1.807) is 0 Å². The van der Waals surface area contributed by atoms with Gasteiger partial charge in [-0.15, -0.1) is 13.2 Å². The fourth-order valence-corrected chi connectivity index (χ4v) is 2.90. The Bertz CT molecular complexity index is 361. The van der Waals surface area contributed by atoms with Gasteiger partial charge in [0.15, 0.2) is 0 Å². The summed E-state index contributed by atoms with van der Waals surface area (Å²) in [5.41, 5.74) is 1.55. The molecule has 0 aromatic heterocycles. The van der Waals surface area contributed by atoms with Crippen molar-refractivity contribution in [3.63, 3.8) is 0 Å². The first kappa shape index (κ1) is 13.3. The Kier molecular flexibility index (Phi) is 4.56. The minimum atomic E-state index is 0.161. The van der Waals surface area contributed by atoms with Crippen molar-refractivity contribution in [1.29, 1.82) is 0 Å². The van der Waals surface area contributed by atoms with Gasteiger partial charge in [0.05, 0.1) is 0 Å². The molecule has 98 valence electrons. The second-order valence-electron chi connectivity index (χ2n) is 5.14. The molecular weight excluding hydrogens is 220 g/mol. The van der Waals surface area contributed by atoms with Crippen LogP contribution in [0.25, 0.3) is 0 Å². The Morgan fingerprint density at radius 2 is 2.06 bits per heavy atom. The lowest BCUT2D eigenvalue weighted by Gasteiger charge is -2.45. The molecule has 0 radical (unpaired) electrons. The molecule has 0 aromatic rings. The second kappa shape index (κ2) is 6.17. The average Bonchev–Trinajstić information content (AvgIpc) is 2.43. The van der Waals surface area contributed by atoms with Crippen LogP contribution in [0.2, 0.25) is 0 Å². The summed E-state index contributed by atoms with van der Waals surface area (Å²) < 4.78 is 0. The third-order valence-electron chi connectivity index (χ3n) is 3.95. The van der Waals surface area contributed by atoms with E-state index >= 15 is 0 Å². The van der Waals surface area contributed by atoms with Gasteiger partial charge in [0.25, 0.3) is 0 Å². The molecule has 2 rings (SSSR count). The van der Waals surface area contributed by atoms with Gasteiger partial charge in [-0.05, 0) is 24.8 Å². The Balaban J connectivity index is 2.11.